The van der Waals surface area contributed by atoms with E-state index in [2.05, 4.69) is 111 Å². The van der Waals surface area contributed by atoms with E-state index in [9.17, 15) is 86.3 Å². The summed E-state index contributed by atoms with van der Waals surface area (Å²) in [6.07, 6.45) is -0.750. The fourth-order valence-corrected chi connectivity index (χ4v) is 8.85. The number of alkyl carbamates (subject to hydrolysis) is 6. The van der Waals surface area contributed by atoms with Crippen molar-refractivity contribution in [3.63, 3.8) is 0 Å². The first kappa shape index (κ1) is 137. The molecule has 828 valence electrons. The number of ether oxygens (including phenoxy) is 30. The topological polar surface area (TPSA) is 656 Å². The van der Waals surface area contributed by atoms with Gasteiger partial charge in [0, 0.05) is 112 Å². The van der Waals surface area contributed by atoms with Crippen LogP contribution in [-0.4, -0.2) is 420 Å². The Labute approximate surface area is 850 Å². The molecule has 54 heteroatoms. The first-order valence-electron chi connectivity index (χ1n) is 44.8. The molecule has 9 unspecified atom stereocenters. The number of carbonyl (C=O) groups is 18. The average Bonchev–Trinajstić information content (AvgIpc) is 0.953. The van der Waals surface area contributed by atoms with Gasteiger partial charge < -0.3 is 174 Å². The van der Waals surface area contributed by atoms with Crippen molar-refractivity contribution < 1.29 is 228 Å². The Hall–Kier alpha value is -14.3. The Kier molecular flexibility index (Phi) is 88.6. The molecule has 54 nitrogen and oxygen atoms in total. The van der Waals surface area contributed by atoms with Gasteiger partial charge in [-0.05, 0) is 20.8 Å². The van der Waals surface area contributed by atoms with E-state index in [0.717, 1.165) is 72.9 Å². The maximum atomic E-state index is 12.2. The molecule has 0 bridgehead atoms. The fourth-order valence-electron chi connectivity index (χ4n) is 8.85. The van der Waals surface area contributed by atoms with Gasteiger partial charge in [-0.25, -0.2) is 86.3 Å². The summed E-state index contributed by atoms with van der Waals surface area (Å²) in [7, 11) is 0. The molecule has 0 saturated heterocycles. The first-order valence-corrected chi connectivity index (χ1v) is 44.8. The van der Waals surface area contributed by atoms with Gasteiger partial charge in [-0.1, -0.05) is 78.9 Å². The number of rotatable bonds is 87. The summed E-state index contributed by atoms with van der Waals surface area (Å²) in [4.78, 5) is 208. The van der Waals surface area contributed by atoms with E-state index in [1.165, 1.54) is 0 Å². The van der Waals surface area contributed by atoms with Crippen LogP contribution >= 0.6 is 0 Å². The number of amides is 6. The van der Waals surface area contributed by atoms with Crippen molar-refractivity contribution in [1.29, 1.82) is 0 Å². The summed E-state index contributed by atoms with van der Waals surface area (Å²) in [5, 5.41) is 14.7. The fraction of sp³-hybridized carbons (Fsp3) is 0.548. The number of hydrogen-bond donors (Lipinski definition) is 6. The Morgan fingerprint density at radius 3 is 0.531 bits per heavy atom. The van der Waals surface area contributed by atoms with Gasteiger partial charge in [0.1, 0.15) is 79.3 Å². The highest BCUT2D eigenvalue weighted by Crippen LogP contribution is 2.10. The van der Waals surface area contributed by atoms with Crippen molar-refractivity contribution in [2.45, 2.75) is 75.7 Å². The van der Waals surface area contributed by atoms with Crippen LogP contribution in [0.1, 0.15) is 20.8 Å². The smallest absolute Gasteiger partial charge is 0.407 e. The molecule has 0 aliphatic heterocycles. The van der Waals surface area contributed by atoms with Crippen LogP contribution in [-0.2, 0) is 200 Å². The van der Waals surface area contributed by atoms with Crippen molar-refractivity contribution in [2.24, 2.45) is 0 Å². The lowest BCUT2D eigenvalue weighted by Gasteiger charge is -2.22. The van der Waals surface area contributed by atoms with Crippen molar-refractivity contribution >= 4 is 108 Å². The second-order valence-corrected chi connectivity index (χ2v) is 27.7. The molecule has 147 heavy (non-hydrogen) atoms. The van der Waals surface area contributed by atoms with Crippen LogP contribution in [0.25, 0.3) is 0 Å². The summed E-state index contributed by atoms with van der Waals surface area (Å²) in [6.45, 7) is 43.4. The molecular weight excluding hydrogens is 1970 g/mol. The van der Waals surface area contributed by atoms with Crippen LogP contribution in [0.15, 0.2) is 152 Å². The SMILES string of the molecule is C=CC(=O)OCCOCCNC(=O)OC(COCC(C)OCC(COC(=O)C=C)OC(=O)NCCOCCOC(=O)C=C)COC(=O)C=C.C=CC(=O)OCCOCCNC(=O)OCC(COCC(C)OCC(COC(=O)C=C)OC(=O)NCCOCCOC(=O)C=C)OC(=O)C=C.C=CC(=O)OCCOCCNC(=O)OCC(COCC(C)OCC(COC(=O)NCCOCCOC(=O)C=C)OC(=O)C=C)OC(=O)C=C. The molecule has 6 N–H and O–H groups in total. The number of esters is 12. The summed E-state index contributed by atoms with van der Waals surface area (Å²) in [6, 6.07) is 0. The number of nitrogens with one attached hydrogen (secondary N) is 6. The van der Waals surface area contributed by atoms with Crippen LogP contribution in [0, 0.1) is 0 Å². The second kappa shape index (κ2) is 95.2. The minimum absolute atomic E-state index is 0.00988. The molecular formula is C93H138N6O48. The van der Waals surface area contributed by atoms with Gasteiger partial charge in [0.2, 0.25) is 0 Å². The van der Waals surface area contributed by atoms with Crippen LogP contribution < -0.4 is 31.9 Å². The first-order chi connectivity index (χ1) is 70.6. The number of hydrogen-bond acceptors (Lipinski definition) is 48. The van der Waals surface area contributed by atoms with E-state index in [1.807, 2.05) is 0 Å². The Bertz CT molecular complexity index is 3980. The van der Waals surface area contributed by atoms with E-state index in [4.69, 9.17) is 142 Å². The molecule has 0 rings (SSSR count). The van der Waals surface area contributed by atoms with Gasteiger partial charge in [-0.2, -0.15) is 0 Å². The molecule has 0 aromatic heterocycles. The Balaban J connectivity index is -0.00000212. The Morgan fingerprint density at radius 1 is 0.170 bits per heavy atom. The number of carbonyl (C=O) groups excluding carboxylic acids is 18. The lowest BCUT2D eigenvalue weighted by Crippen LogP contribution is -2.38. The summed E-state index contributed by atoms with van der Waals surface area (Å²) in [5.41, 5.74) is 0. The molecule has 0 heterocycles. The minimum atomic E-state index is -1.00. The van der Waals surface area contributed by atoms with Crippen LogP contribution in [0.5, 0.6) is 0 Å². The molecule has 0 saturated carbocycles. The highest BCUT2D eigenvalue weighted by molar-refractivity contribution is 5.85. The molecule has 9 atom stereocenters. The largest absolute Gasteiger partial charge is 0.460 e. The van der Waals surface area contributed by atoms with Gasteiger partial charge in [0.25, 0.3) is 0 Å². The van der Waals surface area contributed by atoms with Crippen molar-refractivity contribution in [1.82, 2.24) is 31.9 Å². The Morgan fingerprint density at radius 2 is 0.333 bits per heavy atom. The maximum Gasteiger partial charge on any atom is 0.407 e. The zero-order valence-electron chi connectivity index (χ0n) is 82.8. The zero-order chi connectivity index (χ0) is 110. The molecule has 0 spiro atoms. The lowest BCUT2D eigenvalue weighted by atomic mass is 10.3. The quantitative estimate of drug-likeness (QED) is 0.0218. The van der Waals surface area contributed by atoms with Gasteiger partial charge in [0.15, 0.2) is 36.6 Å². The third-order valence-electron chi connectivity index (χ3n) is 15.7. The van der Waals surface area contributed by atoms with E-state index < -0.39 is 163 Å². The van der Waals surface area contributed by atoms with E-state index >= 15 is 0 Å². The molecule has 6 amide bonds. The predicted molar refractivity (Wildman–Crippen MR) is 507 cm³/mol. The lowest BCUT2D eigenvalue weighted by molar-refractivity contribution is -0.154. The summed E-state index contributed by atoms with van der Waals surface area (Å²) >= 11 is 0. The molecule has 0 fully saturated rings. The standard InChI is InChI=1S/3C31H46N2O16/c1-6-26(34)43-16-14-40-12-10-32-30(38)47-22-24(48-29(37)9-4)19-42-18-23(5)45-20-25(21-46-28(36)8-3)49-31(39)33-11-13-41-15-17-44-27(35)7-2;1-6-26(34)43-16-14-40-12-10-32-30(38)46-21-24(48-28(36)8-3)19-42-18-23(5)45-20-25(49-29(37)9-4)22-47-31(39)33-11-13-41-15-17-44-27(35)7-2;1-6-26(34)43-16-14-40-12-10-32-30(38)48-24(21-46-28(36)8-3)19-42-18-23(5)45-20-25(22-47-29(37)9-4)49-31(39)33-11-13-41-15-17-44-27(35)7-2/h3*6-9,23-25H,1-4,10-22H2,5H3,(H,32,38)(H,33,39). The van der Waals surface area contributed by atoms with Gasteiger partial charge in [-0.3, -0.25) is 0 Å². The van der Waals surface area contributed by atoms with E-state index in [-0.39, 0.29) is 257 Å². The maximum absolute atomic E-state index is 12.2. The highest BCUT2D eigenvalue weighted by atomic mass is 16.7. The van der Waals surface area contributed by atoms with E-state index in [1.54, 1.807) is 20.8 Å². The second-order valence-electron chi connectivity index (χ2n) is 27.7. The van der Waals surface area contributed by atoms with Crippen LogP contribution in [0.3, 0.4) is 0 Å². The van der Waals surface area contributed by atoms with Crippen molar-refractivity contribution in [2.75, 3.05) is 257 Å². The molecule has 0 aliphatic carbocycles. The molecule has 0 aromatic carbocycles. The summed E-state index contributed by atoms with van der Waals surface area (Å²) < 4.78 is 155. The summed E-state index contributed by atoms with van der Waals surface area (Å²) in [5.74, 6) is -7.94. The van der Waals surface area contributed by atoms with Crippen LogP contribution in [0.4, 0.5) is 28.8 Å². The molecule has 0 radical (unpaired) electrons. The predicted octanol–water partition coefficient (Wildman–Crippen LogP) is 1.64. The average molecular weight is 2110 g/mol. The molecule has 0 aliphatic rings. The third-order valence-corrected chi connectivity index (χ3v) is 15.7. The zero-order valence-corrected chi connectivity index (χ0v) is 82.8. The molecule has 0 aromatic rings. The van der Waals surface area contributed by atoms with Crippen molar-refractivity contribution in [3.05, 3.63) is 152 Å². The monoisotopic (exact) mass is 2110 g/mol. The normalized spacial score (nSPS) is 12.1. The minimum Gasteiger partial charge on any atom is -0.460 e. The van der Waals surface area contributed by atoms with Crippen molar-refractivity contribution in [3.8, 4) is 0 Å². The van der Waals surface area contributed by atoms with E-state index in [0.29, 0.717) is 0 Å². The van der Waals surface area contributed by atoms with Gasteiger partial charge in [0.05, 0.1) is 157 Å². The highest BCUT2D eigenvalue weighted by Gasteiger charge is 2.26. The third kappa shape index (κ3) is 90.2. The van der Waals surface area contributed by atoms with Crippen LogP contribution in [0.2, 0.25) is 0 Å². The van der Waals surface area contributed by atoms with Gasteiger partial charge >= 0.3 is 108 Å². The van der Waals surface area contributed by atoms with Gasteiger partial charge in [-0.15, -0.1) is 0 Å².